The molecule has 1 amide bonds. The van der Waals surface area contributed by atoms with Crippen molar-refractivity contribution in [1.29, 1.82) is 0 Å². The highest BCUT2D eigenvalue weighted by Crippen LogP contribution is 2.17. The SMILES string of the molecule is Cc1cc(=O)[nH]c(SCC(=O)NC2CCCCCCC2)n1. The summed E-state index contributed by atoms with van der Waals surface area (Å²) < 4.78 is 0. The summed E-state index contributed by atoms with van der Waals surface area (Å²) in [5.41, 5.74) is 0.493. The minimum atomic E-state index is -0.176. The summed E-state index contributed by atoms with van der Waals surface area (Å²) in [6, 6.07) is 1.75. The van der Waals surface area contributed by atoms with Crippen molar-refractivity contribution in [3.63, 3.8) is 0 Å². The molecule has 2 rings (SSSR count). The molecule has 1 saturated carbocycles. The Morgan fingerprint density at radius 2 is 2.00 bits per heavy atom. The van der Waals surface area contributed by atoms with Gasteiger partial charge in [-0.25, -0.2) is 4.98 Å². The van der Waals surface area contributed by atoms with Crippen molar-refractivity contribution in [3.05, 3.63) is 22.1 Å². The van der Waals surface area contributed by atoms with Crippen molar-refractivity contribution in [2.45, 2.75) is 63.1 Å². The van der Waals surface area contributed by atoms with Crippen LogP contribution in [0.5, 0.6) is 0 Å². The van der Waals surface area contributed by atoms with Gasteiger partial charge in [-0.1, -0.05) is 43.9 Å². The maximum atomic E-state index is 12.0. The molecule has 0 aliphatic heterocycles. The molecule has 116 valence electrons. The summed E-state index contributed by atoms with van der Waals surface area (Å²) in [5.74, 6) is 0.317. The van der Waals surface area contributed by atoms with Crippen LogP contribution in [0.25, 0.3) is 0 Å². The smallest absolute Gasteiger partial charge is 0.251 e. The van der Waals surface area contributed by atoms with E-state index in [4.69, 9.17) is 0 Å². The molecule has 21 heavy (non-hydrogen) atoms. The third kappa shape index (κ3) is 5.91. The molecule has 2 N–H and O–H groups in total. The van der Waals surface area contributed by atoms with E-state index in [1.54, 1.807) is 6.92 Å². The van der Waals surface area contributed by atoms with Gasteiger partial charge in [-0.2, -0.15) is 0 Å². The zero-order chi connectivity index (χ0) is 15.1. The summed E-state index contributed by atoms with van der Waals surface area (Å²) in [6.45, 7) is 1.77. The average Bonchev–Trinajstić information content (AvgIpc) is 2.38. The minimum absolute atomic E-state index is 0.0229. The number of carbonyl (C=O) groups excluding carboxylic acids is 1. The number of rotatable bonds is 4. The molecule has 0 unspecified atom stereocenters. The predicted molar refractivity (Wildman–Crippen MR) is 84.6 cm³/mol. The topological polar surface area (TPSA) is 74.8 Å². The first kappa shape index (κ1) is 16.1. The highest BCUT2D eigenvalue weighted by Gasteiger charge is 2.14. The lowest BCUT2D eigenvalue weighted by atomic mass is 9.97. The van der Waals surface area contributed by atoms with Crippen molar-refractivity contribution in [1.82, 2.24) is 15.3 Å². The zero-order valence-corrected chi connectivity index (χ0v) is 13.3. The van der Waals surface area contributed by atoms with Gasteiger partial charge < -0.3 is 10.3 Å². The van der Waals surface area contributed by atoms with Crippen LogP contribution in [0.4, 0.5) is 0 Å². The van der Waals surface area contributed by atoms with Gasteiger partial charge in [-0.15, -0.1) is 0 Å². The number of amides is 1. The van der Waals surface area contributed by atoms with Crippen LogP contribution in [0.2, 0.25) is 0 Å². The highest BCUT2D eigenvalue weighted by atomic mass is 32.2. The standard InChI is InChI=1S/C15H23N3O2S/c1-11-9-13(19)18-15(16-11)21-10-14(20)17-12-7-5-3-2-4-6-8-12/h9,12H,2-8,10H2,1H3,(H,17,20)(H,16,18,19). The van der Waals surface area contributed by atoms with E-state index >= 15 is 0 Å². The Labute approximate surface area is 129 Å². The normalized spacial score (nSPS) is 17.0. The Morgan fingerprint density at radius 1 is 1.33 bits per heavy atom. The molecular weight excluding hydrogens is 286 g/mol. The summed E-state index contributed by atoms with van der Waals surface area (Å²) >= 11 is 1.28. The monoisotopic (exact) mass is 309 g/mol. The molecule has 0 radical (unpaired) electrons. The van der Waals surface area contributed by atoms with Gasteiger partial charge in [0.15, 0.2) is 5.16 Å². The first-order chi connectivity index (χ1) is 10.1. The Morgan fingerprint density at radius 3 is 2.67 bits per heavy atom. The van der Waals surface area contributed by atoms with Gasteiger partial charge in [-0.3, -0.25) is 9.59 Å². The Kier molecular flexibility index (Phi) is 6.29. The molecule has 0 atom stereocenters. The van der Waals surface area contributed by atoms with E-state index in [-0.39, 0.29) is 11.5 Å². The molecular formula is C15H23N3O2S. The van der Waals surface area contributed by atoms with Crippen molar-refractivity contribution in [3.8, 4) is 0 Å². The number of nitrogens with zero attached hydrogens (tertiary/aromatic N) is 1. The third-order valence-corrected chi connectivity index (χ3v) is 4.53. The summed E-state index contributed by atoms with van der Waals surface area (Å²) in [6.07, 6.45) is 8.43. The lowest BCUT2D eigenvalue weighted by molar-refractivity contribution is -0.119. The van der Waals surface area contributed by atoms with E-state index in [1.807, 2.05) is 0 Å². The number of aromatic nitrogens is 2. The van der Waals surface area contributed by atoms with Gasteiger partial charge in [0.05, 0.1) is 5.75 Å². The maximum absolute atomic E-state index is 12.0. The van der Waals surface area contributed by atoms with Gasteiger partial charge >= 0.3 is 0 Å². The highest BCUT2D eigenvalue weighted by molar-refractivity contribution is 7.99. The van der Waals surface area contributed by atoms with Crippen LogP contribution in [-0.4, -0.2) is 27.7 Å². The molecule has 6 heteroatoms. The van der Waals surface area contributed by atoms with Gasteiger partial charge in [0.2, 0.25) is 5.91 Å². The number of aryl methyl sites for hydroxylation is 1. The van der Waals surface area contributed by atoms with Gasteiger partial charge in [0.25, 0.3) is 5.56 Å². The second-order valence-electron chi connectivity index (χ2n) is 5.59. The van der Waals surface area contributed by atoms with E-state index in [2.05, 4.69) is 15.3 Å². The number of hydrogen-bond donors (Lipinski definition) is 2. The third-order valence-electron chi connectivity index (χ3n) is 3.66. The molecule has 1 aliphatic rings. The molecule has 0 aromatic carbocycles. The maximum Gasteiger partial charge on any atom is 0.251 e. The molecule has 0 bridgehead atoms. The van der Waals surface area contributed by atoms with Crippen LogP contribution in [-0.2, 0) is 4.79 Å². The van der Waals surface area contributed by atoms with E-state index in [0.717, 1.165) is 12.8 Å². The fourth-order valence-corrected chi connectivity index (χ4v) is 3.36. The quantitative estimate of drug-likeness (QED) is 0.661. The zero-order valence-electron chi connectivity index (χ0n) is 12.5. The number of thioether (sulfide) groups is 1. The van der Waals surface area contributed by atoms with Crippen LogP contribution in [0.1, 0.15) is 50.6 Å². The van der Waals surface area contributed by atoms with Crippen LogP contribution in [0.3, 0.4) is 0 Å². The second kappa shape index (κ2) is 8.22. The van der Waals surface area contributed by atoms with E-state index < -0.39 is 0 Å². The predicted octanol–water partition coefficient (Wildman–Crippen LogP) is 2.40. The van der Waals surface area contributed by atoms with Gasteiger partial charge in [0.1, 0.15) is 0 Å². The van der Waals surface area contributed by atoms with Crippen molar-refractivity contribution < 1.29 is 4.79 Å². The van der Waals surface area contributed by atoms with E-state index in [9.17, 15) is 9.59 Å². The Bertz CT molecular complexity index is 522. The van der Waals surface area contributed by atoms with Crippen LogP contribution in [0, 0.1) is 6.92 Å². The first-order valence-corrected chi connectivity index (χ1v) is 8.62. The van der Waals surface area contributed by atoms with Crippen molar-refractivity contribution in [2.24, 2.45) is 0 Å². The number of H-pyrrole nitrogens is 1. The van der Waals surface area contributed by atoms with Gasteiger partial charge in [0, 0.05) is 17.8 Å². The van der Waals surface area contributed by atoms with Crippen LogP contribution in [0.15, 0.2) is 16.0 Å². The summed E-state index contributed by atoms with van der Waals surface area (Å²) in [4.78, 5) is 30.2. The second-order valence-corrected chi connectivity index (χ2v) is 6.55. The fraction of sp³-hybridized carbons (Fsp3) is 0.667. The molecule has 1 heterocycles. The largest absolute Gasteiger partial charge is 0.353 e. The Hall–Kier alpha value is -1.30. The number of carbonyl (C=O) groups is 1. The summed E-state index contributed by atoms with van der Waals surface area (Å²) in [5, 5.41) is 3.61. The van der Waals surface area contributed by atoms with Crippen LogP contribution >= 0.6 is 11.8 Å². The molecule has 5 nitrogen and oxygen atoms in total. The lowest BCUT2D eigenvalue weighted by Gasteiger charge is -2.20. The van der Waals surface area contributed by atoms with Crippen molar-refractivity contribution in [2.75, 3.05) is 5.75 Å². The Balaban J connectivity index is 1.79. The van der Waals surface area contributed by atoms with Gasteiger partial charge in [-0.05, 0) is 19.8 Å². The summed E-state index contributed by atoms with van der Waals surface area (Å²) in [7, 11) is 0. The van der Waals surface area contributed by atoms with E-state index in [0.29, 0.717) is 22.6 Å². The fourth-order valence-electron chi connectivity index (χ4n) is 2.62. The average molecular weight is 309 g/mol. The van der Waals surface area contributed by atoms with E-state index in [1.165, 1.54) is 49.9 Å². The number of nitrogens with one attached hydrogen (secondary N) is 2. The molecule has 1 aromatic heterocycles. The minimum Gasteiger partial charge on any atom is -0.353 e. The number of hydrogen-bond acceptors (Lipinski definition) is 4. The molecule has 1 aliphatic carbocycles. The number of aromatic amines is 1. The molecule has 0 saturated heterocycles. The lowest BCUT2D eigenvalue weighted by Crippen LogP contribution is -2.36. The molecule has 0 spiro atoms. The van der Waals surface area contributed by atoms with Crippen LogP contribution < -0.4 is 10.9 Å². The van der Waals surface area contributed by atoms with Crippen molar-refractivity contribution >= 4 is 17.7 Å². The first-order valence-electron chi connectivity index (χ1n) is 7.63. The molecule has 1 fully saturated rings. The molecule has 1 aromatic rings.